The number of hydrogen-bond donors (Lipinski definition) is 2. The summed E-state index contributed by atoms with van der Waals surface area (Å²) in [6.07, 6.45) is 0.165. The van der Waals surface area contributed by atoms with E-state index in [1.807, 2.05) is 23.1 Å². The highest BCUT2D eigenvalue weighted by Crippen LogP contribution is 2.38. The van der Waals surface area contributed by atoms with E-state index in [1.165, 1.54) is 12.0 Å². The van der Waals surface area contributed by atoms with Gasteiger partial charge in [0.15, 0.2) is 11.9 Å². The van der Waals surface area contributed by atoms with E-state index in [9.17, 15) is 31.8 Å². The molecule has 0 spiro atoms. The topological polar surface area (TPSA) is 75.2 Å². The largest absolute Gasteiger partial charge is 0.416 e. The average Bonchev–Trinajstić information content (AvgIpc) is 3.92. The molecule has 0 bridgehead atoms. The van der Waals surface area contributed by atoms with Crippen LogP contribution in [0.2, 0.25) is 0 Å². The Bertz CT molecular complexity index is 2120. The average molecular weight is 846 g/mol. The second kappa shape index (κ2) is 18.3. The van der Waals surface area contributed by atoms with Crippen LogP contribution in [-0.2, 0) is 31.6 Å². The molecule has 1 saturated carbocycles. The summed E-state index contributed by atoms with van der Waals surface area (Å²) in [5, 5.41) is 12.1. The molecule has 3 fully saturated rings. The van der Waals surface area contributed by atoms with Crippen molar-refractivity contribution >= 4 is 22.7 Å². The summed E-state index contributed by atoms with van der Waals surface area (Å²) in [4.78, 5) is 13.6. The molecule has 8 rings (SSSR count). The lowest BCUT2D eigenvalue weighted by atomic mass is 9.84. The standard InChI is InChI=1S/C48H57F6N7/c49-47(50,51)39-23-36(24-40(28-39)48(52,53)54)19-21-59-44(26-34-12-5-2-6-13-34)32-61(46(59)56)43(27-35-17-18-37-14-7-8-15-38(37)22-35)30-58-20-9-16-41(58)31-60-42(29-57-45(60)55)25-33-10-3-1-4-11-33/h1,3-4,7-8,10-11,14-15,17-18,22-24,28,34,41-44,56H,2,5-6,9,12-13,16,19-21,25-27,29-32H2,(H2,55,57)/t41?,42-,43+,44-/m0/s1. The van der Waals surface area contributed by atoms with Crippen molar-refractivity contribution in [2.45, 2.75) is 107 Å². The van der Waals surface area contributed by atoms with Crippen LogP contribution in [0.5, 0.6) is 0 Å². The first kappa shape index (κ1) is 42.9. The van der Waals surface area contributed by atoms with Gasteiger partial charge >= 0.3 is 12.4 Å². The Hall–Kier alpha value is -4.78. The van der Waals surface area contributed by atoms with Crippen molar-refractivity contribution in [2.24, 2.45) is 16.6 Å². The number of aliphatic imine (C=N–C) groups is 1. The SMILES string of the molecule is N=C1N(CCc2cc(C(F)(F)F)cc(C(F)(F)F)c2)[C@@H](CC2CCCCC2)CN1[C@H](Cc1ccc2ccccc2c1)CN1CCCC1CN1C(N)=NC[C@@H]1Cc1ccccc1. The van der Waals surface area contributed by atoms with Crippen LogP contribution in [0.15, 0.2) is 96.0 Å². The highest BCUT2D eigenvalue weighted by molar-refractivity contribution is 5.83. The second-order valence-electron chi connectivity index (χ2n) is 17.8. The van der Waals surface area contributed by atoms with Crippen LogP contribution in [0.25, 0.3) is 10.8 Å². The van der Waals surface area contributed by atoms with Crippen molar-refractivity contribution in [1.82, 2.24) is 19.6 Å². The third-order valence-corrected chi connectivity index (χ3v) is 13.6. The van der Waals surface area contributed by atoms with Gasteiger partial charge < -0.3 is 20.4 Å². The van der Waals surface area contributed by atoms with Gasteiger partial charge in [-0.25, -0.2) is 0 Å². The Morgan fingerprint density at radius 3 is 2.13 bits per heavy atom. The molecule has 61 heavy (non-hydrogen) atoms. The van der Waals surface area contributed by atoms with Gasteiger partial charge in [-0.1, -0.05) is 105 Å². The first-order valence-electron chi connectivity index (χ1n) is 22.0. The Balaban J connectivity index is 1.07. The lowest BCUT2D eigenvalue weighted by Crippen LogP contribution is -2.52. The summed E-state index contributed by atoms with van der Waals surface area (Å²) in [5.41, 5.74) is 6.30. The van der Waals surface area contributed by atoms with E-state index in [1.54, 1.807) is 0 Å². The molecule has 4 atom stereocenters. The molecular weight excluding hydrogens is 789 g/mol. The van der Waals surface area contributed by atoms with Gasteiger partial charge in [-0.2, -0.15) is 26.3 Å². The molecule has 326 valence electrons. The first-order valence-corrected chi connectivity index (χ1v) is 22.0. The molecule has 0 amide bonds. The Labute approximate surface area is 355 Å². The zero-order valence-corrected chi connectivity index (χ0v) is 34.6. The van der Waals surface area contributed by atoms with Gasteiger partial charge in [-0.05, 0) is 96.6 Å². The number of alkyl halides is 6. The Morgan fingerprint density at radius 2 is 1.41 bits per heavy atom. The zero-order valence-electron chi connectivity index (χ0n) is 34.6. The maximum Gasteiger partial charge on any atom is 0.416 e. The lowest BCUT2D eigenvalue weighted by Gasteiger charge is -2.37. The fraction of sp³-hybridized carbons (Fsp3) is 0.500. The van der Waals surface area contributed by atoms with Gasteiger partial charge in [0.1, 0.15) is 0 Å². The number of fused-ring (bicyclic) bond motifs is 1. The molecule has 13 heteroatoms. The number of halogens is 6. The van der Waals surface area contributed by atoms with Crippen molar-refractivity contribution in [1.29, 1.82) is 5.41 Å². The molecule has 7 nitrogen and oxygen atoms in total. The fourth-order valence-corrected chi connectivity index (χ4v) is 10.4. The summed E-state index contributed by atoms with van der Waals surface area (Å²) in [7, 11) is 0. The number of likely N-dealkylation sites (tertiary alicyclic amines) is 1. The smallest absolute Gasteiger partial charge is 0.370 e. The third kappa shape index (κ3) is 10.3. The first-order chi connectivity index (χ1) is 29.3. The summed E-state index contributed by atoms with van der Waals surface area (Å²) < 4.78 is 83.2. The molecule has 1 unspecified atom stereocenters. The van der Waals surface area contributed by atoms with Gasteiger partial charge in [0.25, 0.3) is 0 Å². The monoisotopic (exact) mass is 845 g/mol. The zero-order chi connectivity index (χ0) is 42.7. The summed E-state index contributed by atoms with van der Waals surface area (Å²) in [6, 6.07) is 27.2. The predicted octanol–water partition coefficient (Wildman–Crippen LogP) is 9.63. The van der Waals surface area contributed by atoms with Crippen LogP contribution < -0.4 is 5.73 Å². The van der Waals surface area contributed by atoms with E-state index in [0.717, 1.165) is 92.9 Å². The number of benzene rings is 4. The van der Waals surface area contributed by atoms with E-state index in [0.29, 0.717) is 43.9 Å². The van der Waals surface area contributed by atoms with Gasteiger partial charge in [-0.3, -0.25) is 15.3 Å². The normalized spacial score (nSPS) is 22.5. The van der Waals surface area contributed by atoms with Crippen LogP contribution in [0, 0.1) is 11.3 Å². The molecule has 4 aromatic carbocycles. The van der Waals surface area contributed by atoms with E-state index in [4.69, 9.17) is 5.73 Å². The van der Waals surface area contributed by atoms with E-state index in [-0.39, 0.29) is 48.8 Å². The fourth-order valence-electron chi connectivity index (χ4n) is 10.4. The minimum absolute atomic E-state index is 0.0345. The summed E-state index contributed by atoms with van der Waals surface area (Å²) in [5.74, 6) is 1.33. The molecular formula is C48H57F6N7. The highest BCUT2D eigenvalue weighted by atomic mass is 19.4. The number of hydrogen-bond acceptors (Lipinski definition) is 5. The molecule has 0 radical (unpaired) electrons. The predicted molar refractivity (Wildman–Crippen MR) is 229 cm³/mol. The minimum atomic E-state index is -4.92. The summed E-state index contributed by atoms with van der Waals surface area (Å²) in [6.45, 7) is 3.73. The number of nitrogens with zero attached hydrogens (tertiary/aromatic N) is 5. The molecule has 3 aliphatic heterocycles. The van der Waals surface area contributed by atoms with Gasteiger partial charge in [0.05, 0.1) is 23.7 Å². The molecule has 0 aromatic heterocycles. The van der Waals surface area contributed by atoms with Crippen LogP contribution >= 0.6 is 0 Å². The van der Waals surface area contributed by atoms with E-state index < -0.39 is 23.5 Å². The second-order valence-corrected chi connectivity index (χ2v) is 17.8. The molecule has 4 aliphatic rings. The molecule has 1 aliphatic carbocycles. The molecule has 3 heterocycles. The van der Waals surface area contributed by atoms with Gasteiger partial charge in [-0.15, -0.1) is 0 Å². The van der Waals surface area contributed by atoms with E-state index >= 15 is 0 Å². The lowest BCUT2D eigenvalue weighted by molar-refractivity contribution is -0.143. The number of guanidine groups is 2. The summed E-state index contributed by atoms with van der Waals surface area (Å²) >= 11 is 0. The van der Waals surface area contributed by atoms with Crippen LogP contribution in [0.3, 0.4) is 0 Å². The Kier molecular flexibility index (Phi) is 12.9. The Morgan fingerprint density at radius 1 is 0.705 bits per heavy atom. The molecule has 3 N–H and O–H groups in total. The van der Waals surface area contributed by atoms with Crippen molar-refractivity contribution in [3.8, 4) is 0 Å². The number of rotatable bonds is 14. The van der Waals surface area contributed by atoms with E-state index in [2.05, 4.69) is 74.3 Å². The van der Waals surface area contributed by atoms with Crippen molar-refractivity contribution in [3.05, 3.63) is 119 Å². The quantitative estimate of drug-likeness (QED) is 0.124. The van der Waals surface area contributed by atoms with Crippen molar-refractivity contribution < 1.29 is 26.3 Å². The van der Waals surface area contributed by atoms with Crippen LogP contribution in [0.1, 0.15) is 79.2 Å². The van der Waals surface area contributed by atoms with Crippen molar-refractivity contribution in [2.75, 3.05) is 39.3 Å². The van der Waals surface area contributed by atoms with Gasteiger partial charge in [0.2, 0.25) is 0 Å². The van der Waals surface area contributed by atoms with Crippen LogP contribution in [-0.4, -0.2) is 95.0 Å². The van der Waals surface area contributed by atoms with Gasteiger partial charge in [0, 0.05) is 44.3 Å². The van der Waals surface area contributed by atoms with Crippen molar-refractivity contribution in [3.63, 3.8) is 0 Å². The molecule has 2 saturated heterocycles. The number of nitrogens with two attached hydrogens (primary N) is 1. The third-order valence-electron chi connectivity index (χ3n) is 13.6. The maximum absolute atomic E-state index is 13.9. The number of nitrogens with one attached hydrogen (secondary N) is 1. The maximum atomic E-state index is 13.9. The van der Waals surface area contributed by atoms with Crippen LogP contribution in [0.4, 0.5) is 26.3 Å². The minimum Gasteiger partial charge on any atom is -0.370 e. The highest BCUT2D eigenvalue weighted by Gasteiger charge is 2.42. The molecule has 4 aromatic rings.